The Morgan fingerprint density at radius 1 is 0.773 bits per heavy atom. The van der Waals surface area contributed by atoms with Gasteiger partial charge in [0, 0.05) is 5.56 Å². The molecule has 2 rings (SSSR count). The number of alkyl halides is 3. The molecule has 0 radical (unpaired) electrons. The number of para-hydroxylation sites is 2. The zero-order valence-electron chi connectivity index (χ0n) is 11.1. The van der Waals surface area contributed by atoms with Crippen LogP contribution in [0.1, 0.15) is 10.4 Å². The van der Waals surface area contributed by atoms with E-state index in [9.17, 15) is 22.8 Å². The number of anilines is 2. The van der Waals surface area contributed by atoms with Crippen LogP contribution in [0.25, 0.3) is 0 Å². The van der Waals surface area contributed by atoms with Crippen LogP contribution in [0.5, 0.6) is 0 Å². The highest BCUT2D eigenvalue weighted by Gasteiger charge is 2.39. The van der Waals surface area contributed by atoms with E-state index in [-0.39, 0.29) is 11.4 Å². The van der Waals surface area contributed by atoms with Crippen molar-refractivity contribution in [3.63, 3.8) is 0 Å². The van der Waals surface area contributed by atoms with Crippen molar-refractivity contribution in [2.24, 2.45) is 0 Å². The van der Waals surface area contributed by atoms with Crippen LogP contribution in [0, 0.1) is 0 Å². The summed E-state index contributed by atoms with van der Waals surface area (Å²) in [6.07, 6.45) is -5.00. The summed E-state index contributed by atoms with van der Waals surface area (Å²) in [5.74, 6) is -2.59. The molecule has 2 N–H and O–H groups in total. The topological polar surface area (TPSA) is 58.2 Å². The van der Waals surface area contributed by atoms with Crippen molar-refractivity contribution in [3.05, 3.63) is 60.2 Å². The lowest BCUT2D eigenvalue weighted by Crippen LogP contribution is -2.30. The molecule has 22 heavy (non-hydrogen) atoms. The third-order valence-electron chi connectivity index (χ3n) is 2.72. The maximum Gasteiger partial charge on any atom is 0.471 e. The van der Waals surface area contributed by atoms with Crippen LogP contribution in [-0.2, 0) is 4.79 Å². The van der Waals surface area contributed by atoms with E-state index in [1.807, 2.05) is 0 Å². The SMILES string of the molecule is O=C(Nc1ccccc1NC(=O)C(F)(F)F)c1ccccc1. The Morgan fingerprint density at radius 2 is 1.27 bits per heavy atom. The van der Waals surface area contributed by atoms with Crippen molar-refractivity contribution >= 4 is 23.2 Å². The van der Waals surface area contributed by atoms with Gasteiger partial charge in [-0.1, -0.05) is 30.3 Å². The number of rotatable bonds is 3. The third kappa shape index (κ3) is 3.85. The van der Waals surface area contributed by atoms with Crippen molar-refractivity contribution in [1.82, 2.24) is 0 Å². The molecule has 2 aromatic carbocycles. The molecule has 4 nitrogen and oxygen atoms in total. The van der Waals surface area contributed by atoms with Gasteiger partial charge in [-0.3, -0.25) is 9.59 Å². The predicted octanol–water partition coefficient (Wildman–Crippen LogP) is 3.44. The van der Waals surface area contributed by atoms with Crippen LogP contribution >= 0.6 is 0 Å². The predicted molar refractivity (Wildman–Crippen MR) is 75.5 cm³/mol. The zero-order chi connectivity index (χ0) is 16.2. The summed E-state index contributed by atoms with van der Waals surface area (Å²) in [6.45, 7) is 0. The van der Waals surface area contributed by atoms with Gasteiger partial charge in [-0.25, -0.2) is 0 Å². The summed E-state index contributed by atoms with van der Waals surface area (Å²) in [5.41, 5.74) is 0.294. The van der Waals surface area contributed by atoms with Gasteiger partial charge < -0.3 is 10.6 Å². The molecule has 0 aliphatic carbocycles. The molecule has 0 unspecified atom stereocenters. The van der Waals surface area contributed by atoms with E-state index in [1.165, 1.54) is 24.3 Å². The van der Waals surface area contributed by atoms with Gasteiger partial charge in [0.15, 0.2) is 0 Å². The standard InChI is InChI=1S/C15H11F3N2O2/c16-15(17,18)14(22)20-12-9-5-4-8-11(12)19-13(21)10-6-2-1-3-7-10/h1-9H,(H,19,21)(H,20,22). The lowest BCUT2D eigenvalue weighted by atomic mass is 10.2. The number of hydrogen-bond acceptors (Lipinski definition) is 2. The molecule has 0 saturated carbocycles. The van der Waals surface area contributed by atoms with Gasteiger partial charge in [0.1, 0.15) is 0 Å². The van der Waals surface area contributed by atoms with Crippen molar-refractivity contribution < 1.29 is 22.8 Å². The van der Waals surface area contributed by atoms with E-state index in [4.69, 9.17) is 0 Å². The van der Waals surface area contributed by atoms with E-state index in [0.717, 1.165) is 0 Å². The van der Waals surface area contributed by atoms with E-state index in [0.29, 0.717) is 5.56 Å². The van der Waals surface area contributed by atoms with Crippen molar-refractivity contribution in [2.75, 3.05) is 10.6 Å². The Morgan fingerprint density at radius 3 is 1.82 bits per heavy atom. The monoisotopic (exact) mass is 308 g/mol. The van der Waals surface area contributed by atoms with Crippen LogP contribution in [0.2, 0.25) is 0 Å². The quantitative estimate of drug-likeness (QED) is 0.912. The van der Waals surface area contributed by atoms with E-state index >= 15 is 0 Å². The van der Waals surface area contributed by atoms with Crippen molar-refractivity contribution in [2.45, 2.75) is 6.18 Å². The van der Waals surface area contributed by atoms with E-state index in [1.54, 1.807) is 35.6 Å². The molecule has 2 amide bonds. The molecule has 7 heteroatoms. The second-order valence-electron chi connectivity index (χ2n) is 4.32. The highest BCUT2D eigenvalue weighted by molar-refractivity contribution is 6.07. The molecule has 0 fully saturated rings. The normalized spacial score (nSPS) is 10.9. The van der Waals surface area contributed by atoms with E-state index in [2.05, 4.69) is 5.32 Å². The first-order valence-electron chi connectivity index (χ1n) is 6.21. The van der Waals surface area contributed by atoms with Gasteiger partial charge in [-0.05, 0) is 24.3 Å². The summed E-state index contributed by atoms with van der Waals surface area (Å²) in [7, 11) is 0. The first kappa shape index (κ1) is 15.6. The number of hydrogen-bond donors (Lipinski definition) is 2. The molecule has 0 spiro atoms. The van der Waals surface area contributed by atoms with E-state index < -0.39 is 18.0 Å². The van der Waals surface area contributed by atoms with Gasteiger partial charge in [0.05, 0.1) is 11.4 Å². The summed E-state index contributed by atoms with van der Waals surface area (Å²) < 4.78 is 36.9. The Balaban J connectivity index is 2.19. The first-order chi connectivity index (χ1) is 10.4. The largest absolute Gasteiger partial charge is 0.471 e. The second-order valence-corrected chi connectivity index (χ2v) is 4.32. The second kappa shape index (κ2) is 6.30. The first-order valence-corrected chi connectivity index (χ1v) is 6.21. The Bertz CT molecular complexity index is 685. The minimum Gasteiger partial charge on any atom is -0.320 e. The highest BCUT2D eigenvalue weighted by Crippen LogP contribution is 2.24. The minimum atomic E-state index is -5.00. The van der Waals surface area contributed by atoms with Gasteiger partial charge >= 0.3 is 12.1 Å². The van der Waals surface area contributed by atoms with Crippen LogP contribution < -0.4 is 10.6 Å². The molecule has 0 saturated heterocycles. The molecular formula is C15H11F3N2O2. The Labute approximate surface area is 124 Å². The zero-order valence-corrected chi connectivity index (χ0v) is 11.1. The van der Waals surface area contributed by atoms with Crippen LogP contribution in [-0.4, -0.2) is 18.0 Å². The number of carbonyl (C=O) groups is 2. The fourth-order valence-corrected chi connectivity index (χ4v) is 1.68. The maximum absolute atomic E-state index is 12.3. The van der Waals surface area contributed by atoms with Crippen LogP contribution in [0.3, 0.4) is 0 Å². The van der Waals surface area contributed by atoms with Crippen molar-refractivity contribution in [1.29, 1.82) is 0 Å². The average Bonchev–Trinajstić information content (AvgIpc) is 2.49. The summed E-state index contributed by atoms with van der Waals surface area (Å²) in [4.78, 5) is 23.0. The Kier molecular flexibility index (Phi) is 4.45. The number of halogens is 3. The maximum atomic E-state index is 12.3. The molecule has 0 aromatic heterocycles. The lowest BCUT2D eigenvalue weighted by Gasteiger charge is -2.13. The molecule has 0 atom stereocenters. The number of carbonyl (C=O) groups excluding carboxylic acids is 2. The fourth-order valence-electron chi connectivity index (χ4n) is 1.68. The molecule has 114 valence electrons. The molecule has 0 aliphatic rings. The molecule has 0 bridgehead atoms. The summed E-state index contributed by atoms with van der Waals surface area (Å²) in [6, 6.07) is 13.8. The Hall–Kier alpha value is -2.83. The van der Waals surface area contributed by atoms with Gasteiger partial charge in [-0.15, -0.1) is 0 Å². The average molecular weight is 308 g/mol. The minimum absolute atomic E-state index is 0.0777. The smallest absolute Gasteiger partial charge is 0.320 e. The summed E-state index contributed by atoms with van der Waals surface area (Å²) >= 11 is 0. The molecule has 2 aromatic rings. The highest BCUT2D eigenvalue weighted by atomic mass is 19.4. The fraction of sp³-hybridized carbons (Fsp3) is 0.0667. The third-order valence-corrected chi connectivity index (χ3v) is 2.72. The number of benzene rings is 2. The van der Waals surface area contributed by atoms with Crippen LogP contribution in [0.15, 0.2) is 54.6 Å². The van der Waals surface area contributed by atoms with Crippen molar-refractivity contribution in [3.8, 4) is 0 Å². The van der Waals surface area contributed by atoms with Gasteiger partial charge in [0.2, 0.25) is 0 Å². The van der Waals surface area contributed by atoms with Crippen LogP contribution in [0.4, 0.5) is 24.5 Å². The van der Waals surface area contributed by atoms with Gasteiger partial charge in [-0.2, -0.15) is 13.2 Å². The lowest BCUT2D eigenvalue weighted by molar-refractivity contribution is -0.167. The van der Waals surface area contributed by atoms with Gasteiger partial charge in [0.25, 0.3) is 5.91 Å². The number of amides is 2. The molecular weight excluding hydrogens is 297 g/mol. The summed E-state index contributed by atoms with van der Waals surface area (Å²) in [5, 5.41) is 4.19. The molecule has 0 heterocycles. The number of nitrogens with one attached hydrogen (secondary N) is 2. The molecule has 0 aliphatic heterocycles.